The molecule has 1 amide bonds. The summed E-state index contributed by atoms with van der Waals surface area (Å²) in [5, 5.41) is 2.71. The molecule has 0 atom stereocenters. The standard InChI is InChI=1S/C34H47N3O7/c38-32(24-34-21-27-18-28(22-34)20-29(19-27)23-34)43-16-14-40-12-13-41-15-17-44-33(39)36-9-1-11-42-31-6-3-26(4-7-31)2-5-30-8-10-35-25-37-30/h3-4,6-8,10,25,27-29H,1-2,5,9,11-24H2,(H,36,39). The summed E-state index contributed by atoms with van der Waals surface area (Å²) in [6.45, 7) is 2.80. The minimum atomic E-state index is -0.478. The Kier molecular flexibility index (Phi) is 12.2. The maximum Gasteiger partial charge on any atom is 0.407 e. The number of alkyl carbamates (subject to hydrolysis) is 1. The number of ether oxygens (including phenoxy) is 5. The number of benzene rings is 1. The number of carbonyl (C=O) groups excluding carboxylic acids is 2. The summed E-state index contributed by atoms with van der Waals surface area (Å²) in [4.78, 5) is 32.5. The number of amides is 1. The molecule has 0 aliphatic heterocycles. The Morgan fingerprint density at radius 2 is 1.45 bits per heavy atom. The minimum absolute atomic E-state index is 0.0773. The second kappa shape index (κ2) is 16.7. The van der Waals surface area contributed by atoms with Gasteiger partial charge in [0.05, 0.1) is 39.5 Å². The van der Waals surface area contributed by atoms with Gasteiger partial charge in [0, 0.05) is 18.4 Å². The Hall–Kier alpha value is -3.24. The highest BCUT2D eigenvalue weighted by molar-refractivity contribution is 5.70. The van der Waals surface area contributed by atoms with Gasteiger partial charge in [-0.15, -0.1) is 0 Å². The van der Waals surface area contributed by atoms with Gasteiger partial charge in [-0.2, -0.15) is 0 Å². The van der Waals surface area contributed by atoms with Crippen molar-refractivity contribution in [2.45, 2.75) is 64.2 Å². The number of esters is 1. The number of hydrogen-bond acceptors (Lipinski definition) is 9. The lowest BCUT2D eigenvalue weighted by Crippen LogP contribution is -2.47. The van der Waals surface area contributed by atoms with Crippen LogP contribution in [-0.2, 0) is 36.6 Å². The van der Waals surface area contributed by atoms with Gasteiger partial charge in [0.1, 0.15) is 25.3 Å². The normalized spacial score (nSPS) is 23.3. The molecule has 1 aromatic carbocycles. The average Bonchev–Trinajstić information content (AvgIpc) is 3.01. The molecule has 4 aliphatic carbocycles. The molecule has 0 saturated heterocycles. The van der Waals surface area contributed by atoms with Crippen molar-refractivity contribution in [2.24, 2.45) is 23.2 Å². The molecule has 10 nitrogen and oxygen atoms in total. The molecule has 240 valence electrons. The zero-order valence-corrected chi connectivity index (χ0v) is 25.8. The van der Waals surface area contributed by atoms with Crippen LogP contribution in [0.4, 0.5) is 4.79 Å². The minimum Gasteiger partial charge on any atom is -0.494 e. The van der Waals surface area contributed by atoms with Crippen LogP contribution in [0.15, 0.2) is 42.9 Å². The lowest BCUT2D eigenvalue weighted by atomic mass is 9.49. The fraction of sp³-hybridized carbons (Fsp3) is 0.647. The van der Waals surface area contributed by atoms with E-state index < -0.39 is 6.09 Å². The highest BCUT2D eigenvalue weighted by Crippen LogP contribution is 2.61. The van der Waals surface area contributed by atoms with E-state index in [9.17, 15) is 9.59 Å². The smallest absolute Gasteiger partial charge is 0.407 e. The van der Waals surface area contributed by atoms with E-state index in [0.717, 1.165) is 42.0 Å². The van der Waals surface area contributed by atoms with Crippen molar-refractivity contribution in [1.29, 1.82) is 0 Å². The molecule has 4 aliphatic rings. The highest BCUT2D eigenvalue weighted by atomic mass is 16.6. The van der Waals surface area contributed by atoms with E-state index in [1.807, 2.05) is 18.2 Å². The molecular formula is C34H47N3O7. The van der Waals surface area contributed by atoms with Crippen LogP contribution in [0.1, 0.15) is 62.6 Å². The summed E-state index contributed by atoms with van der Waals surface area (Å²) in [5.41, 5.74) is 2.45. The van der Waals surface area contributed by atoms with Crippen LogP contribution in [0.3, 0.4) is 0 Å². The number of hydrogen-bond donors (Lipinski definition) is 1. The van der Waals surface area contributed by atoms with Crippen molar-refractivity contribution in [3.8, 4) is 5.75 Å². The third-order valence-corrected chi connectivity index (χ3v) is 9.10. The molecule has 4 saturated carbocycles. The molecule has 4 fully saturated rings. The quantitative estimate of drug-likeness (QED) is 0.175. The average molecular weight is 610 g/mol. The Labute approximate surface area is 260 Å². The highest BCUT2D eigenvalue weighted by Gasteiger charge is 2.51. The van der Waals surface area contributed by atoms with E-state index in [1.165, 1.54) is 44.1 Å². The molecule has 44 heavy (non-hydrogen) atoms. The number of aromatic nitrogens is 2. The number of nitrogens with one attached hydrogen (secondary N) is 1. The van der Waals surface area contributed by atoms with E-state index in [1.54, 1.807) is 12.5 Å². The Morgan fingerprint density at radius 3 is 2.11 bits per heavy atom. The third-order valence-electron chi connectivity index (χ3n) is 9.10. The first kappa shape index (κ1) is 32.2. The van der Waals surface area contributed by atoms with E-state index in [4.69, 9.17) is 23.7 Å². The van der Waals surface area contributed by atoms with Crippen LogP contribution in [0, 0.1) is 23.2 Å². The van der Waals surface area contributed by atoms with Gasteiger partial charge in [-0.1, -0.05) is 12.1 Å². The summed E-state index contributed by atoms with van der Waals surface area (Å²) in [6, 6.07) is 9.96. The van der Waals surface area contributed by atoms with E-state index in [0.29, 0.717) is 45.8 Å². The summed E-state index contributed by atoms with van der Waals surface area (Å²) >= 11 is 0. The van der Waals surface area contributed by atoms with Gasteiger partial charge in [-0.25, -0.2) is 14.8 Å². The predicted molar refractivity (Wildman–Crippen MR) is 163 cm³/mol. The van der Waals surface area contributed by atoms with Crippen LogP contribution in [0.25, 0.3) is 0 Å². The third kappa shape index (κ3) is 10.4. The SMILES string of the molecule is O=C(CC12CC3CC(CC(C3)C1)C2)OCCOCCOCCOC(=O)NCCCOc1ccc(CCc2ccncn2)cc1. The van der Waals surface area contributed by atoms with Gasteiger partial charge >= 0.3 is 12.1 Å². The Bertz CT molecular complexity index is 1130. The zero-order valence-electron chi connectivity index (χ0n) is 25.8. The predicted octanol–water partition coefficient (Wildman–Crippen LogP) is 4.94. The lowest BCUT2D eigenvalue weighted by molar-refractivity contribution is -0.153. The first-order chi connectivity index (χ1) is 21.6. The van der Waals surface area contributed by atoms with Gasteiger partial charge in [-0.05, 0) is 105 Å². The summed E-state index contributed by atoms with van der Waals surface area (Å²) in [7, 11) is 0. The zero-order chi connectivity index (χ0) is 30.5. The first-order valence-corrected chi connectivity index (χ1v) is 16.2. The Balaban J connectivity index is 0.790. The van der Waals surface area contributed by atoms with Crippen molar-refractivity contribution >= 4 is 12.1 Å². The number of nitrogens with zero attached hydrogens (tertiary/aromatic N) is 2. The maximum atomic E-state index is 12.5. The van der Waals surface area contributed by atoms with Gasteiger partial charge in [0.2, 0.25) is 0 Å². The van der Waals surface area contributed by atoms with E-state index in [2.05, 4.69) is 27.4 Å². The number of rotatable bonds is 19. The first-order valence-electron chi connectivity index (χ1n) is 16.2. The number of carbonyl (C=O) groups is 2. The van der Waals surface area contributed by atoms with Crippen molar-refractivity contribution in [1.82, 2.24) is 15.3 Å². The largest absolute Gasteiger partial charge is 0.494 e. The van der Waals surface area contributed by atoms with Crippen LogP contribution >= 0.6 is 0 Å². The van der Waals surface area contributed by atoms with Crippen LogP contribution in [0.5, 0.6) is 5.75 Å². The van der Waals surface area contributed by atoms with Crippen molar-refractivity contribution < 1.29 is 33.3 Å². The molecule has 10 heteroatoms. The number of aryl methyl sites for hydroxylation is 2. The fourth-order valence-electron chi connectivity index (χ4n) is 7.59. The van der Waals surface area contributed by atoms with Gasteiger partial charge in [-0.3, -0.25) is 4.79 Å². The Morgan fingerprint density at radius 1 is 0.795 bits per heavy atom. The summed E-state index contributed by atoms with van der Waals surface area (Å²) < 4.78 is 27.3. The van der Waals surface area contributed by atoms with Gasteiger partial charge < -0.3 is 29.0 Å². The monoisotopic (exact) mass is 609 g/mol. The molecule has 0 spiro atoms. The molecule has 4 bridgehead atoms. The summed E-state index contributed by atoms with van der Waals surface area (Å²) in [6.07, 6.45) is 13.6. The molecule has 1 heterocycles. The fourth-order valence-corrected chi connectivity index (χ4v) is 7.59. The molecule has 1 N–H and O–H groups in total. The van der Waals surface area contributed by atoms with Crippen molar-refractivity contribution in [2.75, 3.05) is 52.8 Å². The molecule has 6 rings (SSSR count). The van der Waals surface area contributed by atoms with E-state index in [-0.39, 0.29) is 31.2 Å². The van der Waals surface area contributed by atoms with Gasteiger partial charge in [0.15, 0.2) is 0 Å². The van der Waals surface area contributed by atoms with Gasteiger partial charge in [0.25, 0.3) is 0 Å². The van der Waals surface area contributed by atoms with Crippen LogP contribution in [-0.4, -0.2) is 74.8 Å². The molecular weight excluding hydrogens is 562 g/mol. The van der Waals surface area contributed by atoms with E-state index >= 15 is 0 Å². The summed E-state index contributed by atoms with van der Waals surface area (Å²) in [5.74, 6) is 3.24. The maximum absolute atomic E-state index is 12.5. The second-order valence-electron chi connectivity index (χ2n) is 12.6. The molecule has 0 unspecified atom stereocenters. The van der Waals surface area contributed by atoms with Crippen LogP contribution in [0.2, 0.25) is 0 Å². The topological polar surface area (TPSA) is 118 Å². The second-order valence-corrected chi connectivity index (χ2v) is 12.6. The van der Waals surface area contributed by atoms with Crippen LogP contribution < -0.4 is 10.1 Å². The lowest BCUT2D eigenvalue weighted by Gasteiger charge is -2.56. The molecule has 0 radical (unpaired) electrons. The molecule has 1 aromatic heterocycles. The van der Waals surface area contributed by atoms with Crippen molar-refractivity contribution in [3.63, 3.8) is 0 Å². The van der Waals surface area contributed by atoms with Crippen molar-refractivity contribution in [3.05, 3.63) is 54.1 Å². The molecule has 2 aromatic rings.